The van der Waals surface area contributed by atoms with E-state index in [1.807, 2.05) is 6.07 Å². The predicted molar refractivity (Wildman–Crippen MR) is 115 cm³/mol. The maximum absolute atomic E-state index is 14.1. The fourth-order valence-electron chi connectivity index (χ4n) is 3.43. The highest BCUT2D eigenvalue weighted by molar-refractivity contribution is 7.58. The molecule has 29 heavy (non-hydrogen) atoms. The molecule has 0 bridgehead atoms. The number of methoxy groups -OCH3 is 1. The van der Waals surface area contributed by atoms with Crippen molar-refractivity contribution in [2.24, 2.45) is 0 Å². The Bertz CT molecular complexity index is 877. The maximum Gasteiger partial charge on any atom is 0.360 e. The number of allylic oxidation sites excluding steroid dienone is 3. The number of ether oxygens (including phenoxy) is 1. The minimum atomic E-state index is -3.78. The molecule has 1 atom stereocenters. The van der Waals surface area contributed by atoms with Crippen molar-refractivity contribution in [2.75, 3.05) is 7.11 Å². The summed E-state index contributed by atoms with van der Waals surface area (Å²) in [7, 11) is -2.47. The summed E-state index contributed by atoms with van der Waals surface area (Å²) in [5.74, 6) is -1.21. The van der Waals surface area contributed by atoms with E-state index in [4.69, 9.17) is 25.4 Å². The van der Waals surface area contributed by atoms with Gasteiger partial charge >= 0.3 is 13.6 Å². The van der Waals surface area contributed by atoms with Gasteiger partial charge in [0.15, 0.2) is 0 Å². The quantitative estimate of drug-likeness (QED) is 0.429. The number of carbonyl (C=O) groups is 1. The van der Waals surface area contributed by atoms with Gasteiger partial charge in [0, 0.05) is 16.4 Å². The fourth-order valence-corrected chi connectivity index (χ4v) is 6.08. The third kappa shape index (κ3) is 5.32. The van der Waals surface area contributed by atoms with Gasteiger partial charge in [0.1, 0.15) is 0 Å². The van der Waals surface area contributed by atoms with Gasteiger partial charge < -0.3 is 19.1 Å². The van der Waals surface area contributed by atoms with Crippen LogP contribution in [0.15, 0.2) is 46.5 Å². The van der Waals surface area contributed by atoms with E-state index < -0.39 is 19.5 Å². The van der Waals surface area contributed by atoms with E-state index in [-0.39, 0.29) is 12.2 Å². The second-order valence-electron chi connectivity index (χ2n) is 7.46. The van der Waals surface area contributed by atoms with Gasteiger partial charge in [-0.15, -0.1) is 0 Å². The van der Waals surface area contributed by atoms with Crippen LogP contribution in [-0.2, 0) is 23.1 Å². The summed E-state index contributed by atoms with van der Waals surface area (Å²) < 4.78 is 30.8. The average Bonchev–Trinajstić information content (AvgIpc) is 2.58. The minimum Gasteiger partial charge on any atom is -0.466 e. The number of nitrogens with one attached hydrogen (secondary N) is 1. The number of hydrogen-bond acceptors (Lipinski definition) is 6. The Morgan fingerprint density at radius 2 is 1.69 bits per heavy atom. The Morgan fingerprint density at radius 3 is 2.17 bits per heavy atom. The zero-order chi connectivity index (χ0) is 21.9. The Morgan fingerprint density at radius 1 is 1.10 bits per heavy atom. The molecule has 0 spiro atoms. The van der Waals surface area contributed by atoms with Crippen LogP contribution in [0.3, 0.4) is 0 Å². The standard InChI is InChI=1S/C21H29ClNO5P/c1-12(2)27-29(25,28-13(3)4)20-15(6)23-14(5)18(21(24)26-7)19(20)16-9-8-10-17(22)11-16/h8-13,19,23H,1-7H3. The van der Waals surface area contributed by atoms with Crippen LogP contribution >= 0.6 is 19.2 Å². The van der Waals surface area contributed by atoms with Crippen LogP contribution in [0.4, 0.5) is 0 Å². The topological polar surface area (TPSA) is 73.9 Å². The first-order chi connectivity index (χ1) is 13.5. The Balaban J connectivity index is 2.79. The largest absolute Gasteiger partial charge is 0.466 e. The third-order valence-corrected chi connectivity index (χ3v) is 7.12. The lowest BCUT2D eigenvalue weighted by Crippen LogP contribution is -2.30. The first kappa shape index (κ1) is 23.7. The van der Waals surface area contributed by atoms with Gasteiger partial charge in [0.05, 0.1) is 36.1 Å². The van der Waals surface area contributed by atoms with Crippen molar-refractivity contribution in [3.05, 3.63) is 57.1 Å². The molecule has 1 unspecified atom stereocenters. The van der Waals surface area contributed by atoms with E-state index in [0.29, 0.717) is 32.9 Å². The first-order valence-corrected chi connectivity index (χ1v) is 11.4. The van der Waals surface area contributed by atoms with Crippen molar-refractivity contribution < 1.29 is 23.1 Å². The SMILES string of the molecule is COC(=O)C1=C(C)NC(C)=C(P(=O)(OC(C)C)OC(C)C)C1c1cccc(Cl)c1. The van der Waals surface area contributed by atoms with Crippen molar-refractivity contribution in [2.45, 2.75) is 59.7 Å². The molecule has 0 fully saturated rings. The molecule has 0 radical (unpaired) electrons. The summed E-state index contributed by atoms with van der Waals surface area (Å²) in [4.78, 5) is 12.7. The van der Waals surface area contributed by atoms with Crippen LogP contribution in [0, 0.1) is 0 Å². The average molecular weight is 442 g/mol. The van der Waals surface area contributed by atoms with Crippen LogP contribution in [0.1, 0.15) is 53.0 Å². The number of carbonyl (C=O) groups excluding carboxylic acids is 1. The van der Waals surface area contributed by atoms with Crippen LogP contribution in [0.25, 0.3) is 0 Å². The van der Waals surface area contributed by atoms with E-state index in [2.05, 4.69) is 5.32 Å². The molecule has 160 valence electrons. The molecule has 2 rings (SSSR count). The number of benzene rings is 1. The van der Waals surface area contributed by atoms with E-state index >= 15 is 0 Å². The first-order valence-electron chi connectivity index (χ1n) is 9.50. The lowest BCUT2D eigenvalue weighted by atomic mass is 9.86. The molecule has 1 aliphatic rings. The van der Waals surface area contributed by atoms with Gasteiger partial charge in [-0.25, -0.2) is 4.79 Å². The maximum atomic E-state index is 14.1. The Hall–Kier alpha value is -1.59. The summed E-state index contributed by atoms with van der Waals surface area (Å²) in [6, 6.07) is 7.11. The van der Waals surface area contributed by atoms with Crippen molar-refractivity contribution in [1.29, 1.82) is 0 Å². The molecule has 1 N–H and O–H groups in total. The molecule has 1 aromatic carbocycles. The molecule has 1 heterocycles. The number of halogens is 1. The second kappa shape index (κ2) is 9.48. The smallest absolute Gasteiger partial charge is 0.360 e. The monoisotopic (exact) mass is 441 g/mol. The van der Waals surface area contributed by atoms with Crippen LogP contribution in [0.2, 0.25) is 5.02 Å². The Labute approximate surface area is 177 Å². The fraction of sp³-hybridized carbons (Fsp3) is 0.476. The summed E-state index contributed by atoms with van der Waals surface area (Å²) >= 11 is 6.23. The van der Waals surface area contributed by atoms with Crippen molar-refractivity contribution in [1.82, 2.24) is 5.32 Å². The van der Waals surface area contributed by atoms with Crippen LogP contribution in [-0.4, -0.2) is 25.3 Å². The van der Waals surface area contributed by atoms with E-state index in [1.54, 1.807) is 59.7 Å². The number of esters is 1. The summed E-state index contributed by atoms with van der Waals surface area (Å²) in [6.45, 7) is 10.7. The highest BCUT2D eigenvalue weighted by Gasteiger charge is 2.45. The predicted octanol–water partition coefficient (Wildman–Crippen LogP) is 5.75. The molecule has 6 nitrogen and oxygen atoms in total. The molecular weight excluding hydrogens is 413 g/mol. The number of rotatable bonds is 7. The molecule has 0 saturated heterocycles. The molecule has 0 aromatic heterocycles. The highest BCUT2D eigenvalue weighted by Crippen LogP contribution is 2.65. The van der Waals surface area contributed by atoms with E-state index in [1.165, 1.54) is 7.11 Å². The number of dihydropyridines is 1. The molecule has 1 aromatic rings. The van der Waals surface area contributed by atoms with Gasteiger partial charge in [-0.05, 0) is 59.2 Å². The molecule has 0 saturated carbocycles. The molecule has 8 heteroatoms. The lowest BCUT2D eigenvalue weighted by Gasteiger charge is -2.35. The molecular formula is C21H29ClNO5P. The van der Waals surface area contributed by atoms with Gasteiger partial charge in [-0.1, -0.05) is 23.7 Å². The van der Waals surface area contributed by atoms with Gasteiger partial charge in [-0.2, -0.15) is 0 Å². The summed E-state index contributed by atoms with van der Waals surface area (Å²) in [6.07, 6.45) is -0.707. The highest BCUT2D eigenvalue weighted by atomic mass is 35.5. The molecule has 1 aliphatic heterocycles. The van der Waals surface area contributed by atoms with E-state index in [0.717, 1.165) is 0 Å². The zero-order valence-electron chi connectivity index (χ0n) is 17.9. The number of hydrogen-bond donors (Lipinski definition) is 1. The van der Waals surface area contributed by atoms with Gasteiger partial charge in [0.25, 0.3) is 0 Å². The lowest BCUT2D eigenvalue weighted by molar-refractivity contribution is -0.136. The van der Waals surface area contributed by atoms with Gasteiger partial charge in [-0.3, -0.25) is 4.57 Å². The summed E-state index contributed by atoms with van der Waals surface area (Å²) in [5.41, 5.74) is 2.27. The molecule has 0 aliphatic carbocycles. The van der Waals surface area contributed by atoms with Crippen molar-refractivity contribution in [3.8, 4) is 0 Å². The van der Waals surface area contributed by atoms with Crippen molar-refractivity contribution >= 4 is 25.2 Å². The van der Waals surface area contributed by atoms with E-state index in [9.17, 15) is 9.36 Å². The van der Waals surface area contributed by atoms with Crippen molar-refractivity contribution in [3.63, 3.8) is 0 Å². The minimum absolute atomic E-state index is 0.343. The summed E-state index contributed by atoms with van der Waals surface area (Å²) in [5, 5.41) is 4.04. The molecule has 0 amide bonds. The normalized spacial score (nSPS) is 17.8. The second-order valence-corrected chi connectivity index (χ2v) is 9.79. The zero-order valence-corrected chi connectivity index (χ0v) is 19.6. The third-order valence-electron chi connectivity index (χ3n) is 4.31. The Kier molecular flexibility index (Phi) is 7.74. The van der Waals surface area contributed by atoms with Gasteiger partial charge in [0.2, 0.25) is 0 Å². The van der Waals surface area contributed by atoms with Crippen LogP contribution in [0.5, 0.6) is 0 Å². The van der Waals surface area contributed by atoms with Crippen LogP contribution < -0.4 is 5.32 Å².